The summed E-state index contributed by atoms with van der Waals surface area (Å²) in [4.78, 5) is 11.3. The van der Waals surface area contributed by atoms with E-state index >= 15 is 0 Å². The van der Waals surface area contributed by atoms with Gasteiger partial charge in [-0.1, -0.05) is 64.3 Å². The summed E-state index contributed by atoms with van der Waals surface area (Å²) in [6.45, 7) is 8.06. The van der Waals surface area contributed by atoms with Gasteiger partial charge >= 0.3 is 5.97 Å². The smallest absolute Gasteiger partial charge is 0.303 e. The molecule has 0 saturated carbocycles. The molecule has 0 aromatic heterocycles. The molecule has 0 bridgehead atoms. The number of ether oxygens (including phenoxy) is 1. The molecule has 2 heteroatoms. The molecule has 1 atom stereocenters. The third-order valence-corrected chi connectivity index (χ3v) is 3.60. The summed E-state index contributed by atoms with van der Waals surface area (Å²) in [7, 11) is 0. The summed E-state index contributed by atoms with van der Waals surface area (Å²) in [6, 6.07) is 8.48. The SMILES string of the molecule is CCCCCCC(OC(C)=O)c1ccc(C(C)C)cc1. The fourth-order valence-corrected chi connectivity index (χ4v) is 2.35. The van der Waals surface area contributed by atoms with Crippen LogP contribution in [0.5, 0.6) is 0 Å². The van der Waals surface area contributed by atoms with Crippen molar-refractivity contribution in [2.24, 2.45) is 0 Å². The summed E-state index contributed by atoms with van der Waals surface area (Å²) in [5.41, 5.74) is 2.43. The normalized spacial score (nSPS) is 12.4. The monoisotopic (exact) mass is 276 g/mol. The van der Waals surface area contributed by atoms with E-state index < -0.39 is 0 Å². The molecule has 1 unspecified atom stereocenters. The Bertz CT molecular complexity index is 392. The van der Waals surface area contributed by atoms with Crippen molar-refractivity contribution in [3.05, 3.63) is 35.4 Å². The molecule has 0 aliphatic rings. The molecule has 0 aliphatic carbocycles. The van der Waals surface area contributed by atoms with Crippen LogP contribution in [0.15, 0.2) is 24.3 Å². The van der Waals surface area contributed by atoms with E-state index in [1.165, 1.54) is 31.7 Å². The second kappa shape index (κ2) is 8.78. The van der Waals surface area contributed by atoms with Gasteiger partial charge in [0.2, 0.25) is 0 Å². The minimum absolute atomic E-state index is 0.0921. The fourth-order valence-electron chi connectivity index (χ4n) is 2.35. The highest BCUT2D eigenvalue weighted by atomic mass is 16.5. The van der Waals surface area contributed by atoms with Crippen molar-refractivity contribution >= 4 is 5.97 Å². The Morgan fingerprint density at radius 1 is 1.05 bits per heavy atom. The first kappa shape index (κ1) is 16.7. The zero-order valence-electron chi connectivity index (χ0n) is 13.3. The quantitative estimate of drug-likeness (QED) is 0.470. The summed E-state index contributed by atoms with van der Waals surface area (Å²) in [5.74, 6) is 0.333. The molecule has 1 aromatic carbocycles. The lowest BCUT2D eigenvalue weighted by Crippen LogP contribution is -2.09. The Balaban J connectivity index is 2.68. The largest absolute Gasteiger partial charge is 0.458 e. The van der Waals surface area contributed by atoms with Crippen LogP contribution in [0.4, 0.5) is 0 Å². The van der Waals surface area contributed by atoms with Crippen molar-refractivity contribution in [1.29, 1.82) is 0 Å². The van der Waals surface area contributed by atoms with E-state index in [-0.39, 0.29) is 12.1 Å². The van der Waals surface area contributed by atoms with E-state index in [1.807, 2.05) is 0 Å². The Kier molecular flexibility index (Phi) is 7.35. The topological polar surface area (TPSA) is 26.3 Å². The fraction of sp³-hybridized carbons (Fsp3) is 0.611. The summed E-state index contributed by atoms with van der Waals surface area (Å²) >= 11 is 0. The summed E-state index contributed by atoms with van der Waals surface area (Å²) in [6.07, 6.45) is 5.61. The lowest BCUT2D eigenvalue weighted by molar-refractivity contribution is -0.147. The van der Waals surface area contributed by atoms with E-state index in [0.29, 0.717) is 5.92 Å². The lowest BCUT2D eigenvalue weighted by atomic mass is 9.97. The number of carbonyl (C=O) groups is 1. The van der Waals surface area contributed by atoms with Crippen LogP contribution < -0.4 is 0 Å². The predicted octanol–water partition coefficient (Wildman–Crippen LogP) is 5.38. The molecule has 0 radical (unpaired) electrons. The Morgan fingerprint density at radius 3 is 2.15 bits per heavy atom. The highest BCUT2D eigenvalue weighted by Gasteiger charge is 2.14. The van der Waals surface area contributed by atoms with Crippen LogP contribution in [0.3, 0.4) is 0 Å². The molecule has 0 fully saturated rings. The third-order valence-electron chi connectivity index (χ3n) is 3.60. The van der Waals surface area contributed by atoms with E-state index in [1.54, 1.807) is 0 Å². The number of unbranched alkanes of at least 4 members (excludes halogenated alkanes) is 3. The number of benzene rings is 1. The van der Waals surface area contributed by atoms with Crippen LogP contribution in [0.1, 0.15) is 82.9 Å². The average molecular weight is 276 g/mol. The van der Waals surface area contributed by atoms with Gasteiger partial charge in [-0.05, 0) is 29.9 Å². The predicted molar refractivity (Wildman–Crippen MR) is 83.8 cm³/mol. The maximum absolute atomic E-state index is 11.3. The molecule has 1 rings (SSSR count). The van der Waals surface area contributed by atoms with Gasteiger partial charge in [0.15, 0.2) is 0 Å². The van der Waals surface area contributed by atoms with Crippen LogP contribution in [0.25, 0.3) is 0 Å². The van der Waals surface area contributed by atoms with Crippen molar-refractivity contribution in [3.8, 4) is 0 Å². The second-order valence-corrected chi connectivity index (χ2v) is 5.77. The maximum Gasteiger partial charge on any atom is 0.303 e. The first-order chi connectivity index (χ1) is 9.54. The van der Waals surface area contributed by atoms with Crippen LogP contribution in [0.2, 0.25) is 0 Å². The maximum atomic E-state index is 11.3. The van der Waals surface area contributed by atoms with Crippen molar-refractivity contribution in [2.45, 2.75) is 71.8 Å². The van der Waals surface area contributed by atoms with Gasteiger partial charge in [-0.3, -0.25) is 4.79 Å². The lowest BCUT2D eigenvalue weighted by Gasteiger charge is -2.18. The minimum atomic E-state index is -0.196. The Labute approximate surface area is 123 Å². The van der Waals surface area contributed by atoms with Gasteiger partial charge in [0.05, 0.1) is 0 Å². The van der Waals surface area contributed by atoms with E-state index in [0.717, 1.165) is 18.4 Å². The molecule has 112 valence electrons. The van der Waals surface area contributed by atoms with Gasteiger partial charge in [-0.15, -0.1) is 0 Å². The summed E-state index contributed by atoms with van der Waals surface area (Å²) < 4.78 is 5.48. The Morgan fingerprint density at radius 2 is 1.65 bits per heavy atom. The van der Waals surface area contributed by atoms with Crippen molar-refractivity contribution in [3.63, 3.8) is 0 Å². The van der Waals surface area contributed by atoms with E-state index in [2.05, 4.69) is 45.0 Å². The van der Waals surface area contributed by atoms with Crippen molar-refractivity contribution in [2.75, 3.05) is 0 Å². The number of rotatable bonds is 8. The van der Waals surface area contributed by atoms with Gasteiger partial charge < -0.3 is 4.74 Å². The van der Waals surface area contributed by atoms with Gasteiger partial charge in [-0.25, -0.2) is 0 Å². The number of esters is 1. The highest BCUT2D eigenvalue weighted by molar-refractivity contribution is 5.66. The van der Waals surface area contributed by atoms with Crippen LogP contribution in [-0.2, 0) is 9.53 Å². The summed E-state index contributed by atoms with van der Waals surface area (Å²) in [5, 5.41) is 0. The minimum Gasteiger partial charge on any atom is -0.458 e. The molecule has 0 heterocycles. The molecular weight excluding hydrogens is 248 g/mol. The molecular formula is C18H28O2. The molecule has 0 N–H and O–H groups in total. The second-order valence-electron chi connectivity index (χ2n) is 5.77. The van der Waals surface area contributed by atoms with Crippen LogP contribution >= 0.6 is 0 Å². The van der Waals surface area contributed by atoms with Crippen molar-refractivity contribution < 1.29 is 9.53 Å². The zero-order chi connectivity index (χ0) is 15.0. The number of carbonyl (C=O) groups excluding carboxylic acids is 1. The molecule has 0 aliphatic heterocycles. The first-order valence-corrected chi connectivity index (χ1v) is 7.81. The van der Waals surface area contributed by atoms with E-state index in [4.69, 9.17) is 4.74 Å². The molecule has 0 amide bonds. The van der Waals surface area contributed by atoms with Gasteiger partial charge in [0, 0.05) is 6.92 Å². The van der Waals surface area contributed by atoms with Gasteiger partial charge in [-0.2, -0.15) is 0 Å². The first-order valence-electron chi connectivity index (χ1n) is 7.81. The molecule has 0 spiro atoms. The molecule has 1 aromatic rings. The third kappa shape index (κ3) is 5.77. The number of hydrogen-bond donors (Lipinski definition) is 0. The molecule has 20 heavy (non-hydrogen) atoms. The Hall–Kier alpha value is -1.31. The molecule has 2 nitrogen and oxygen atoms in total. The zero-order valence-corrected chi connectivity index (χ0v) is 13.3. The van der Waals surface area contributed by atoms with Gasteiger partial charge in [0.1, 0.15) is 6.10 Å². The molecule has 0 saturated heterocycles. The standard InChI is InChI=1S/C18H28O2/c1-5-6-7-8-9-18(20-15(4)19)17-12-10-16(11-13-17)14(2)3/h10-14,18H,5-9H2,1-4H3. The van der Waals surface area contributed by atoms with E-state index in [9.17, 15) is 4.79 Å². The van der Waals surface area contributed by atoms with Crippen molar-refractivity contribution in [1.82, 2.24) is 0 Å². The van der Waals surface area contributed by atoms with Crippen LogP contribution in [-0.4, -0.2) is 5.97 Å². The average Bonchev–Trinajstić information content (AvgIpc) is 2.42. The van der Waals surface area contributed by atoms with Crippen LogP contribution in [0, 0.1) is 0 Å². The highest BCUT2D eigenvalue weighted by Crippen LogP contribution is 2.26. The number of hydrogen-bond acceptors (Lipinski definition) is 2. The van der Waals surface area contributed by atoms with Gasteiger partial charge in [0.25, 0.3) is 0 Å².